The van der Waals surface area contributed by atoms with Gasteiger partial charge >= 0.3 is 0 Å². The second-order valence-corrected chi connectivity index (χ2v) is 4.76. The van der Waals surface area contributed by atoms with Gasteiger partial charge in [0.2, 0.25) is 0 Å². The van der Waals surface area contributed by atoms with E-state index in [2.05, 4.69) is 43.4 Å². The van der Waals surface area contributed by atoms with E-state index in [-0.39, 0.29) is 0 Å². The number of rotatable bonds is 5. The Morgan fingerprint density at radius 2 is 1.83 bits per heavy atom. The largest absolute Gasteiger partial charge is 0.388 e. The summed E-state index contributed by atoms with van der Waals surface area (Å²) in [5.74, 6) is 0. The smallest absolute Gasteiger partial charge is 0.0726 e. The minimum Gasteiger partial charge on any atom is -0.388 e. The molecule has 1 N–H and O–H groups in total. The second kappa shape index (κ2) is 5.85. The summed E-state index contributed by atoms with van der Waals surface area (Å²) in [5, 5.41) is 4.54. The summed E-state index contributed by atoms with van der Waals surface area (Å²) in [6, 6.07) is 8.81. The molecule has 2 rings (SSSR count). The van der Waals surface area contributed by atoms with Crippen molar-refractivity contribution in [3.8, 4) is 0 Å². The first kappa shape index (κ1) is 12.9. The highest BCUT2D eigenvalue weighted by Crippen LogP contribution is 2.25. The van der Waals surface area contributed by atoms with Gasteiger partial charge in [-0.2, -0.15) is 0 Å². The zero-order valence-electron chi connectivity index (χ0n) is 11.6. The third-order valence-electron chi connectivity index (χ3n) is 3.24. The molecule has 2 nitrogen and oxygen atoms in total. The van der Waals surface area contributed by atoms with E-state index < -0.39 is 0 Å². The molecule has 1 aromatic heterocycles. The molecule has 0 aliphatic carbocycles. The summed E-state index contributed by atoms with van der Waals surface area (Å²) in [6.07, 6.45) is 4.49. The van der Waals surface area contributed by atoms with Gasteiger partial charge in [-0.3, -0.25) is 4.98 Å². The fourth-order valence-electron chi connectivity index (χ4n) is 2.36. The normalized spacial score (nSPS) is 10.8. The first-order chi connectivity index (χ1) is 8.78. The Labute approximate surface area is 109 Å². The number of nitrogens with zero attached hydrogens (tertiary/aromatic N) is 1. The number of fused-ring (bicyclic) bond motifs is 1. The van der Waals surface area contributed by atoms with Crippen LogP contribution in [0, 0.1) is 0 Å². The number of anilines is 1. The fourth-order valence-corrected chi connectivity index (χ4v) is 2.36. The average Bonchev–Trinajstić information content (AvgIpc) is 2.39. The number of pyridine rings is 1. The molecule has 1 aromatic carbocycles. The lowest BCUT2D eigenvalue weighted by Crippen LogP contribution is -1.97. The second-order valence-electron chi connectivity index (χ2n) is 4.76. The van der Waals surface area contributed by atoms with E-state index in [0.29, 0.717) is 0 Å². The molecular formula is C16H22N2. The molecule has 96 valence electrons. The molecule has 0 atom stereocenters. The van der Waals surface area contributed by atoms with Gasteiger partial charge in [-0.05, 0) is 36.6 Å². The zero-order chi connectivity index (χ0) is 13.0. The maximum atomic E-state index is 4.73. The van der Waals surface area contributed by atoms with Gasteiger partial charge in [-0.15, -0.1) is 0 Å². The van der Waals surface area contributed by atoms with Crippen LogP contribution in [-0.4, -0.2) is 12.0 Å². The molecule has 0 spiro atoms. The number of aryl methyl sites for hydroxylation is 2. The summed E-state index contributed by atoms with van der Waals surface area (Å²) in [4.78, 5) is 4.73. The van der Waals surface area contributed by atoms with E-state index in [1.54, 1.807) is 0 Å². The van der Waals surface area contributed by atoms with Crippen LogP contribution in [0.4, 0.5) is 5.69 Å². The van der Waals surface area contributed by atoms with Crippen molar-refractivity contribution in [2.24, 2.45) is 0 Å². The third-order valence-corrected chi connectivity index (χ3v) is 3.24. The third kappa shape index (κ3) is 2.63. The van der Waals surface area contributed by atoms with Crippen molar-refractivity contribution in [3.05, 3.63) is 35.5 Å². The number of hydrogen-bond donors (Lipinski definition) is 1. The monoisotopic (exact) mass is 242 g/mol. The van der Waals surface area contributed by atoms with Crippen molar-refractivity contribution < 1.29 is 0 Å². The molecule has 0 aliphatic rings. The van der Waals surface area contributed by atoms with Gasteiger partial charge in [0.15, 0.2) is 0 Å². The maximum Gasteiger partial charge on any atom is 0.0726 e. The lowest BCUT2D eigenvalue weighted by molar-refractivity contribution is 0.889. The predicted molar refractivity (Wildman–Crippen MR) is 79.3 cm³/mol. The lowest BCUT2D eigenvalue weighted by Gasteiger charge is -2.10. The van der Waals surface area contributed by atoms with Gasteiger partial charge in [-0.1, -0.05) is 32.8 Å². The van der Waals surface area contributed by atoms with Crippen LogP contribution in [0.1, 0.15) is 37.9 Å². The summed E-state index contributed by atoms with van der Waals surface area (Å²) >= 11 is 0. The summed E-state index contributed by atoms with van der Waals surface area (Å²) in [5.41, 5.74) is 4.87. The molecule has 2 aromatic rings. The quantitative estimate of drug-likeness (QED) is 0.850. The number of hydrogen-bond acceptors (Lipinski definition) is 2. The van der Waals surface area contributed by atoms with Crippen LogP contribution in [0.5, 0.6) is 0 Å². The first-order valence-electron chi connectivity index (χ1n) is 6.88. The van der Waals surface area contributed by atoms with E-state index in [4.69, 9.17) is 4.98 Å². The van der Waals surface area contributed by atoms with Crippen molar-refractivity contribution in [3.63, 3.8) is 0 Å². The van der Waals surface area contributed by atoms with Crippen molar-refractivity contribution in [2.45, 2.75) is 39.5 Å². The molecule has 1 heterocycles. The van der Waals surface area contributed by atoms with Gasteiger partial charge in [0.1, 0.15) is 0 Å². The highest BCUT2D eigenvalue weighted by molar-refractivity contribution is 5.91. The Bertz CT molecular complexity index is 532. The zero-order valence-corrected chi connectivity index (χ0v) is 11.6. The van der Waals surface area contributed by atoms with E-state index in [1.807, 2.05) is 7.05 Å². The van der Waals surface area contributed by atoms with Gasteiger partial charge in [-0.25, -0.2) is 0 Å². The molecule has 2 heteroatoms. The molecule has 0 bridgehead atoms. The van der Waals surface area contributed by atoms with Gasteiger partial charge in [0.05, 0.1) is 5.52 Å². The molecule has 0 unspecified atom stereocenters. The van der Waals surface area contributed by atoms with Crippen molar-refractivity contribution in [2.75, 3.05) is 12.4 Å². The van der Waals surface area contributed by atoms with Crippen LogP contribution in [0.2, 0.25) is 0 Å². The summed E-state index contributed by atoms with van der Waals surface area (Å²) in [6.45, 7) is 4.40. The Morgan fingerprint density at radius 3 is 2.50 bits per heavy atom. The van der Waals surface area contributed by atoms with Crippen molar-refractivity contribution in [1.82, 2.24) is 4.98 Å². The minimum absolute atomic E-state index is 1.04. The molecule has 0 fully saturated rings. The van der Waals surface area contributed by atoms with Crippen molar-refractivity contribution in [1.29, 1.82) is 0 Å². The van der Waals surface area contributed by atoms with Crippen LogP contribution >= 0.6 is 0 Å². The topological polar surface area (TPSA) is 24.9 Å². The standard InChI is InChI=1S/C16H22N2/c1-4-6-12-8-9-15-14(10-12)16(17-3)11-13(18-15)7-5-2/h8-11H,4-7H2,1-3H3,(H,17,18). The van der Waals surface area contributed by atoms with Gasteiger partial charge in [0.25, 0.3) is 0 Å². The van der Waals surface area contributed by atoms with E-state index in [0.717, 1.165) is 24.8 Å². The Hall–Kier alpha value is -1.57. The molecule has 0 saturated heterocycles. The maximum absolute atomic E-state index is 4.73. The number of benzene rings is 1. The highest BCUT2D eigenvalue weighted by atomic mass is 14.8. The molecule has 0 saturated carbocycles. The van der Waals surface area contributed by atoms with E-state index in [9.17, 15) is 0 Å². The number of nitrogens with one attached hydrogen (secondary N) is 1. The van der Waals surface area contributed by atoms with Gasteiger partial charge < -0.3 is 5.32 Å². The molecular weight excluding hydrogens is 220 g/mol. The molecule has 0 amide bonds. The van der Waals surface area contributed by atoms with Crippen LogP contribution in [0.3, 0.4) is 0 Å². The van der Waals surface area contributed by atoms with Crippen LogP contribution in [0.15, 0.2) is 24.3 Å². The fraction of sp³-hybridized carbons (Fsp3) is 0.438. The Kier molecular flexibility index (Phi) is 4.19. The van der Waals surface area contributed by atoms with Crippen LogP contribution < -0.4 is 5.32 Å². The highest BCUT2D eigenvalue weighted by Gasteiger charge is 2.05. The lowest BCUT2D eigenvalue weighted by atomic mass is 10.0. The predicted octanol–water partition coefficient (Wildman–Crippen LogP) is 4.18. The van der Waals surface area contributed by atoms with Crippen LogP contribution in [0.25, 0.3) is 10.9 Å². The molecule has 0 aliphatic heterocycles. The van der Waals surface area contributed by atoms with E-state index in [1.165, 1.54) is 28.8 Å². The van der Waals surface area contributed by atoms with Crippen molar-refractivity contribution >= 4 is 16.6 Å². The SMILES string of the molecule is CCCc1ccc2nc(CCC)cc(NC)c2c1. The van der Waals surface area contributed by atoms with Crippen LogP contribution in [-0.2, 0) is 12.8 Å². The Morgan fingerprint density at radius 1 is 1.06 bits per heavy atom. The first-order valence-corrected chi connectivity index (χ1v) is 6.88. The van der Waals surface area contributed by atoms with E-state index >= 15 is 0 Å². The molecule has 0 radical (unpaired) electrons. The summed E-state index contributed by atoms with van der Waals surface area (Å²) < 4.78 is 0. The number of aromatic nitrogens is 1. The Balaban J connectivity index is 2.52. The summed E-state index contributed by atoms with van der Waals surface area (Å²) in [7, 11) is 1.98. The minimum atomic E-state index is 1.04. The van der Waals surface area contributed by atoms with Gasteiger partial charge in [0, 0.05) is 23.8 Å². The average molecular weight is 242 g/mol. The molecule has 18 heavy (non-hydrogen) atoms.